The van der Waals surface area contributed by atoms with Crippen molar-refractivity contribution in [1.29, 1.82) is 0 Å². The number of imide groups is 2. The van der Waals surface area contributed by atoms with Crippen molar-refractivity contribution in [3.8, 4) is 0 Å². The molecule has 0 aliphatic carbocycles. The summed E-state index contributed by atoms with van der Waals surface area (Å²) in [7, 11) is 1.50. The molecule has 1 aromatic rings. The summed E-state index contributed by atoms with van der Waals surface area (Å²) in [5, 5.41) is 2.38. The first-order chi connectivity index (χ1) is 12.6. The Morgan fingerprint density at radius 1 is 1.31 bits per heavy atom. The van der Waals surface area contributed by atoms with Gasteiger partial charge < -0.3 is 14.4 Å². The Hall–Kier alpha value is -2.45. The molecule has 138 valence electrons. The summed E-state index contributed by atoms with van der Waals surface area (Å²) in [6.45, 7) is 1.70. The van der Waals surface area contributed by atoms with E-state index in [1.165, 1.54) is 7.11 Å². The lowest BCUT2D eigenvalue weighted by Gasteiger charge is -2.53. The number of barbiturate groups is 1. The van der Waals surface area contributed by atoms with Crippen LogP contribution in [0.3, 0.4) is 0 Å². The normalized spacial score (nSPS) is 28.0. The minimum absolute atomic E-state index is 0.103. The molecule has 8 heteroatoms. The number of nitrogens with zero attached hydrogens (tertiary/aromatic N) is 2. The first-order valence-electron chi connectivity index (χ1n) is 8.68. The van der Waals surface area contributed by atoms with Gasteiger partial charge in [-0.15, -0.1) is 0 Å². The predicted molar refractivity (Wildman–Crippen MR) is 91.7 cm³/mol. The van der Waals surface area contributed by atoms with Crippen LogP contribution in [0.5, 0.6) is 0 Å². The fraction of sp³-hybridized carbons (Fsp3) is 0.500. The average molecular weight is 359 g/mol. The van der Waals surface area contributed by atoms with E-state index in [0.29, 0.717) is 13.2 Å². The molecule has 2 atom stereocenters. The molecule has 0 saturated carbocycles. The van der Waals surface area contributed by atoms with Crippen LogP contribution in [0.25, 0.3) is 0 Å². The van der Waals surface area contributed by atoms with Gasteiger partial charge in [0.1, 0.15) is 0 Å². The van der Waals surface area contributed by atoms with Gasteiger partial charge in [0.15, 0.2) is 5.41 Å². The van der Waals surface area contributed by atoms with Crippen molar-refractivity contribution in [2.45, 2.75) is 12.5 Å². The molecule has 1 N–H and O–H groups in total. The maximum atomic E-state index is 13.4. The van der Waals surface area contributed by atoms with Gasteiger partial charge in [0.05, 0.1) is 32.4 Å². The smallest absolute Gasteiger partial charge is 0.330 e. The number of rotatable bonds is 3. The number of carbonyl (C=O) groups excluding carboxylic acids is 3. The van der Waals surface area contributed by atoms with E-state index in [9.17, 15) is 14.4 Å². The van der Waals surface area contributed by atoms with Crippen LogP contribution in [0.15, 0.2) is 24.3 Å². The number of fused-ring (bicyclic) bond motifs is 4. The van der Waals surface area contributed by atoms with Crippen molar-refractivity contribution in [2.75, 3.05) is 44.9 Å². The zero-order chi connectivity index (χ0) is 18.3. The van der Waals surface area contributed by atoms with E-state index >= 15 is 0 Å². The summed E-state index contributed by atoms with van der Waals surface area (Å²) < 4.78 is 10.6. The van der Waals surface area contributed by atoms with Crippen LogP contribution in [0, 0.1) is 5.41 Å². The highest BCUT2D eigenvalue weighted by Gasteiger charge is 2.62. The lowest BCUT2D eigenvalue weighted by Crippen LogP contribution is -2.74. The van der Waals surface area contributed by atoms with Crippen LogP contribution in [-0.4, -0.2) is 68.8 Å². The van der Waals surface area contributed by atoms with Gasteiger partial charge in [0.25, 0.3) is 0 Å². The van der Waals surface area contributed by atoms with Crippen LogP contribution < -0.4 is 10.2 Å². The Balaban J connectivity index is 1.81. The van der Waals surface area contributed by atoms with Crippen molar-refractivity contribution in [2.24, 2.45) is 5.41 Å². The maximum Gasteiger partial charge on any atom is 0.330 e. The summed E-state index contributed by atoms with van der Waals surface area (Å²) in [6, 6.07) is 6.63. The van der Waals surface area contributed by atoms with Gasteiger partial charge >= 0.3 is 6.03 Å². The third-order valence-electron chi connectivity index (χ3n) is 5.48. The molecule has 3 aliphatic heterocycles. The lowest BCUT2D eigenvalue weighted by atomic mass is 9.68. The molecule has 2 saturated heterocycles. The van der Waals surface area contributed by atoms with E-state index in [1.807, 2.05) is 24.3 Å². The topological polar surface area (TPSA) is 88.2 Å². The van der Waals surface area contributed by atoms with Crippen LogP contribution in [-0.2, 0) is 25.5 Å². The number of para-hydroxylation sites is 1. The first-order valence-corrected chi connectivity index (χ1v) is 8.68. The van der Waals surface area contributed by atoms with Crippen LogP contribution in [0.4, 0.5) is 10.5 Å². The average Bonchev–Trinajstić information content (AvgIpc) is 2.66. The maximum absolute atomic E-state index is 13.4. The summed E-state index contributed by atoms with van der Waals surface area (Å²) in [5.41, 5.74) is 0.568. The number of nitrogens with one attached hydrogen (secondary N) is 1. The molecule has 2 fully saturated rings. The standard InChI is InChI=1S/C18H21N3O5/c1-25-8-6-21-16(23)18(15(22)19-17(21)24)10-12-4-2-3-5-13(12)20-7-9-26-11-14(18)20/h2-5,14H,6-11H2,1H3,(H,19,22,24). The fourth-order valence-electron chi connectivity index (χ4n) is 4.20. The zero-order valence-corrected chi connectivity index (χ0v) is 14.6. The SMILES string of the molecule is COCCN1C(=O)NC(=O)C2(Cc3ccccc3N3CCOCC32)C1=O. The van der Waals surface area contributed by atoms with Crippen LogP contribution >= 0.6 is 0 Å². The Morgan fingerprint density at radius 3 is 2.92 bits per heavy atom. The second kappa shape index (κ2) is 6.37. The number of urea groups is 1. The van der Waals surface area contributed by atoms with Crippen molar-refractivity contribution in [3.63, 3.8) is 0 Å². The van der Waals surface area contributed by atoms with Crippen molar-refractivity contribution in [1.82, 2.24) is 10.2 Å². The molecule has 1 aromatic carbocycles. The van der Waals surface area contributed by atoms with Gasteiger partial charge in [-0.3, -0.25) is 19.8 Å². The molecule has 3 aliphatic rings. The monoisotopic (exact) mass is 359 g/mol. The van der Waals surface area contributed by atoms with Gasteiger partial charge in [-0.05, 0) is 18.1 Å². The number of carbonyl (C=O) groups is 3. The van der Waals surface area contributed by atoms with E-state index in [-0.39, 0.29) is 26.2 Å². The Labute approximate surface area is 151 Å². The highest BCUT2D eigenvalue weighted by Crippen LogP contribution is 2.45. The number of ether oxygens (including phenoxy) is 2. The fourth-order valence-corrected chi connectivity index (χ4v) is 4.20. The summed E-state index contributed by atoms with van der Waals surface area (Å²) >= 11 is 0. The predicted octanol–water partition coefficient (Wildman–Crippen LogP) is 0.159. The first kappa shape index (κ1) is 17.0. The van der Waals surface area contributed by atoms with E-state index in [2.05, 4.69) is 10.2 Å². The second-order valence-corrected chi connectivity index (χ2v) is 6.77. The van der Waals surface area contributed by atoms with E-state index in [4.69, 9.17) is 9.47 Å². The highest BCUT2D eigenvalue weighted by atomic mass is 16.5. The molecule has 3 heterocycles. The van der Waals surface area contributed by atoms with Crippen LogP contribution in [0.2, 0.25) is 0 Å². The lowest BCUT2D eigenvalue weighted by molar-refractivity contribution is -0.156. The molecule has 0 bridgehead atoms. The Bertz CT molecular complexity index is 767. The minimum atomic E-state index is -1.38. The summed E-state index contributed by atoms with van der Waals surface area (Å²) in [6.07, 6.45) is 0.245. The highest BCUT2D eigenvalue weighted by molar-refractivity contribution is 6.20. The third kappa shape index (κ3) is 2.33. The number of amides is 4. The molecule has 1 spiro atoms. The van der Waals surface area contributed by atoms with Gasteiger partial charge in [-0.2, -0.15) is 0 Å². The largest absolute Gasteiger partial charge is 0.383 e. The van der Waals surface area contributed by atoms with E-state index in [1.54, 1.807) is 0 Å². The quantitative estimate of drug-likeness (QED) is 0.774. The van der Waals surface area contributed by atoms with Gasteiger partial charge in [0, 0.05) is 19.3 Å². The zero-order valence-electron chi connectivity index (χ0n) is 14.6. The Morgan fingerprint density at radius 2 is 2.12 bits per heavy atom. The molecular weight excluding hydrogens is 338 g/mol. The van der Waals surface area contributed by atoms with Crippen molar-refractivity contribution in [3.05, 3.63) is 29.8 Å². The number of benzene rings is 1. The molecule has 0 radical (unpaired) electrons. The van der Waals surface area contributed by atoms with Gasteiger partial charge in [-0.25, -0.2) is 4.79 Å². The molecule has 4 rings (SSSR count). The number of morpholine rings is 1. The Kier molecular flexibility index (Phi) is 4.16. The summed E-state index contributed by atoms with van der Waals surface area (Å²) in [4.78, 5) is 41.8. The molecule has 8 nitrogen and oxygen atoms in total. The van der Waals surface area contributed by atoms with Gasteiger partial charge in [0.2, 0.25) is 11.8 Å². The number of anilines is 1. The van der Waals surface area contributed by atoms with E-state index in [0.717, 1.165) is 16.2 Å². The van der Waals surface area contributed by atoms with Crippen molar-refractivity contribution < 1.29 is 23.9 Å². The third-order valence-corrected chi connectivity index (χ3v) is 5.48. The van der Waals surface area contributed by atoms with Gasteiger partial charge in [-0.1, -0.05) is 18.2 Å². The van der Waals surface area contributed by atoms with E-state index < -0.39 is 29.3 Å². The number of hydrogen-bond acceptors (Lipinski definition) is 6. The molecule has 4 amide bonds. The van der Waals surface area contributed by atoms with Crippen molar-refractivity contribution >= 4 is 23.5 Å². The van der Waals surface area contributed by atoms with Crippen LogP contribution in [0.1, 0.15) is 5.56 Å². The minimum Gasteiger partial charge on any atom is -0.383 e. The second-order valence-electron chi connectivity index (χ2n) is 6.77. The molecule has 0 aromatic heterocycles. The number of hydrogen-bond donors (Lipinski definition) is 1. The molecule has 26 heavy (non-hydrogen) atoms. The molecular formula is C18H21N3O5. The number of methoxy groups -OCH3 is 1. The molecule has 2 unspecified atom stereocenters. The summed E-state index contributed by atoms with van der Waals surface area (Å²) in [5.74, 6) is -1.02.